The van der Waals surface area contributed by atoms with Gasteiger partial charge in [-0.05, 0) is 44.4 Å². The van der Waals surface area contributed by atoms with Crippen LogP contribution in [0.4, 0.5) is 0 Å². The summed E-state index contributed by atoms with van der Waals surface area (Å²) in [4.78, 5) is 32.1. The fourth-order valence-corrected chi connectivity index (χ4v) is 6.48. The van der Waals surface area contributed by atoms with Gasteiger partial charge in [-0.3, -0.25) is 9.59 Å². The Morgan fingerprint density at radius 1 is 1.25 bits per heavy atom. The molecule has 2 amide bonds. The number of carbonyl (C=O) groups excluding carboxylic acids is 2. The Labute approximate surface area is 174 Å². The quantitative estimate of drug-likeness (QED) is 0.715. The molecule has 28 heavy (non-hydrogen) atoms. The second kappa shape index (κ2) is 7.91. The average Bonchev–Trinajstić information content (AvgIpc) is 3.34. The minimum absolute atomic E-state index is 0.0912. The molecular formula is C22H26N2O2S2. The molecule has 4 rings (SSSR count). The number of rotatable bonds is 6. The van der Waals surface area contributed by atoms with E-state index in [1.807, 2.05) is 28.0 Å². The van der Waals surface area contributed by atoms with Crippen LogP contribution < -0.4 is 0 Å². The Hall–Kier alpha value is -1.79. The topological polar surface area (TPSA) is 40.6 Å². The van der Waals surface area contributed by atoms with E-state index in [1.165, 1.54) is 15.3 Å². The lowest BCUT2D eigenvalue weighted by molar-refractivity contribution is -0.144. The summed E-state index contributed by atoms with van der Waals surface area (Å²) < 4.78 is 0. The summed E-state index contributed by atoms with van der Waals surface area (Å²) in [6.45, 7) is 5.48. The van der Waals surface area contributed by atoms with Crippen LogP contribution in [0.2, 0.25) is 0 Å². The Kier molecular flexibility index (Phi) is 5.52. The third-order valence-corrected chi connectivity index (χ3v) is 8.19. The zero-order valence-electron chi connectivity index (χ0n) is 16.4. The van der Waals surface area contributed by atoms with Crippen LogP contribution in [0.3, 0.4) is 0 Å². The monoisotopic (exact) mass is 414 g/mol. The van der Waals surface area contributed by atoms with Gasteiger partial charge in [-0.1, -0.05) is 30.3 Å². The van der Waals surface area contributed by atoms with Gasteiger partial charge in [0.15, 0.2) is 0 Å². The van der Waals surface area contributed by atoms with Crippen LogP contribution in [0.25, 0.3) is 0 Å². The molecule has 1 aromatic carbocycles. The number of aryl methyl sites for hydroxylation is 1. The maximum Gasteiger partial charge on any atom is 0.246 e. The molecule has 4 nitrogen and oxygen atoms in total. The first kappa shape index (κ1) is 19.5. The number of hydrogen-bond acceptors (Lipinski definition) is 4. The average molecular weight is 415 g/mol. The summed E-state index contributed by atoms with van der Waals surface area (Å²) in [5, 5.41) is 0. The molecule has 0 saturated carbocycles. The highest BCUT2D eigenvalue weighted by Gasteiger charge is 2.53. The second-order valence-electron chi connectivity index (χ2n) is 7.77. The van der Waals surface area contributed by atoms with Crippen LogP contribution in [0.1, 0.15) is 35.1 Å². The molecule has 0 bridgehead atoms. The molecule has 0 spiro atoms. The predicted octanol–water partition coefficient (Wildman–Crippen LogP) is 4.08. The molecular weight excluding hydrogens is 388 g/mol. The minimum Gasteiger partial charge on any atom is -0.335 e. The molecule has 2 aromatic rings. The number of nitrogens with zero attached hydrogens (tertiary/aromatic N) is 2. The minimum atomic E-state index is -0.332. The van der Waals surface area contributed by atoms with Gasteiger partial charge < -0.3 is 9.80 Å². The van der Waals surface area contributed by atoms with E-state index in [-0.39, 0.29) is 22.7 Å². The predicted molar refractivity (Wildman–Crippen MR) is 115 cm³/mol. The smallest absolute Gasteiger partial charge is 0.246 e. The highest BCUT2D eigenvalue weighted by atomic mass is 32.2. The number of thiophene rings is 1. The molecule has 2 saturated heterocycles. The number of carbonyl (C=O) groups is 2. The number of amides is 2. The zero-order valence-corrected chi connectivity index (χ0v) is 18.0. The molecule has 0 aliphatic carbocycles. The van der Waals surface area contributed by atoms with Crippen LogP contribution in [-0.4, -0.2) is 44.8 Å². The van der Waals surface area contributed by atoms with Crippen molar-refractivity contribution in [3.05, 3.63) is 57.8 Å². The standard InChI is InChI=1S/C22H26N2O2S2/c1-16-8-9-18(28-16)14-23(13-11-17-6-4-3-5-7-17)21(26)19-15-27-22(2)12-10-20(25)24(19)22/h3-9,19H,10-15H2,1-2H3. The molecule has 148 valence electrons. The van der Waals surface area contributed by atoms with E-state index in [9.17, 15) is 9.59 Å². The fourth-order valence-electron chi connectivity index (χ4n) is 4.15. The van der Waals surface area contributed by atoms with E-state index in [4.69, 9.17) is 0 Å². The van der Waals surface area contributed by atoms with Gasteiger partial charge in [-0.2, -0.15) is 0 Å². The highest BCUT2D eigenvalue weighted by molar-refractivity contribution is 8.01. The van der Waals surface area contributed by atoms with Gasteiger partial charge >= 0.3 is 0 Å². The van der Waals surface area contributed by atoms with E-state index in [2.05, 4.69) is 38.1 Å². The van der Waals surface area contributed by atoms with Crippen LogP contribution in [0, 0.1) is 6.92 Å². The second-order valence-corrected chi connectivity index (χ2v) is 10.6. The van der Waals surface area contributed by atoms with Crippen molar-refractivity contribution in [3.8, 4) is 0 Å². The van der Waals surface area contributed by atoms with Crippen molar-refractivity contribution >= 4 is 34.9 Å². The van der Waals surface area contributed by atoms with E-state index in [1.54, 1.807) is 23.1 Å². The van der Waals surface area contributed by atoms with Gasteiger partial charge in [0.2, 0.25) is 11.8 Å². The maximum absolute atomic E-state index is 13.5. The van der Waals surface area contributed by atoms with Gasteiger partial charge in [0.1, 0.15) is 6.04 Å². The first-order valence-corrected chi connectivity index (χ1v) is 11.6. The maximum atomic E-state index is 13.5. The van der Waals surface area contributed by atoms with Gasteiger partial charge in [0.05, 0.1) is 11.4 Å². The van der Waals surface area contributed by atoms with Crippen molar-refractivity contribution in [2.45, 2.75) is 50.6 Å². The molecule has 1 aromatic heterocycles. The highest BCUT2D eigenvalue weighted by Crippen LogP contribution is 2.47. The normalized spacial score (nSPS) is 23.9. The number of thioether (sulfide) groups is 1. The van der Waals surface area contributed by atoms with Gasteiger partial charge in [-0.25, -0.2) is 0 Å². The lowest BCUT2D eigenvalue weighted by Crippen LogP contribution is -2.51. The molecule has 0 N–H and O–H groups in total. The van der Waals surface area contributed by atoms with Crippen LogP contribution in [-0.2, 0) is 22.6 Å². The Bertz CT molecular complexity index is 866. The lowest BCUT2D eigenvalue weighted by atomic mass is 10.1. The van der Waals surface area contributed by atoms with Crippen molar-refractivity contribution in [1.29, 1.82) is 0 Å². The third kappa shape index (κ3) is 3.85. The molecule has 6 heteroatoms. The van der Waals surface area contributed by atoms with E-state index in [0.717, 1.165) is 12.8 Å². The molecule has 2 atom stereocenters. The molecule has 0 radical (unpaired) electrons. The molecule has 2 unspecified atom stereocenters. The van der Waals surface area contributed by atoms with Crippen molar-refractivity contribution in [2.75, 3.05) is 12.3 Å². The summed E-state index contributed by atoms with van der Waals surface area (Å²) in [6, 6.07) is 14.2. The van der Waals surface area contributed by atoms with Crippen LogP contribution in [0.5, 0.6) is 0 Å². The van der Waals surface area contributed by atoms with Crippen molar-refractivity contribution in [2.24, 2.45) is 0 Å². The number of fused-ring (bicyclic) bond motifs is 1. The Balaban J connectivity index is 1.53. The summed E-state index contributed by atoms with van der Waals surface area (Å²) in [7, 11) is 0. The summed E-state index contributed by atoms with van der Waals surface area (Å²) in [5.41, 5.74) is 1.23. The Morgan fingerprint density at radius 2 is 2.04 bits per heavy atom. The van der Waals surface area contributed by atoms with Crippen LogP contribution >= 0.6 is 23.1 Å². The fraction of sp³-hybridized carbons (Fsp3) is 0.455. The summed E-state index contributed by atoms with van der Waals surface area (Å²) in [6.07, 6.45) is 2.22. The van der Waals surface area contributed by atoms with E-state index < -0.39 is 0 Å². The van der Waals surface area contributed by atoms with E-state index in [0.29, 0.717) is 25.3 Å². The van der Waals surface area contributed by atoms with Crippen molar-refractivity contribution in [1.82, 2.24) is 9.80 Å². The Morgan fingerprint density at radius 3 is 2.75 bits per heavy atom. The number of hydrogen-bond donors (Lipinski definition) is 0. The zero-order chi connectivity index (χ0) is 19.7. The van der Waals surface area contributed by atoms with Gasteiger partial charge in [0, 0.05) is 28.5 Å². The molecule has 2 fully saturated rings. The third-order valence-electron chi connectivity index (χ3n) is 5.70. The SMILES string of the molecule is Cc1ccc(CN(CCc2ccccc2)C(=O)C2CSC3(C)CCC(=O)N23)s1. The number of benzene rings is 1. The summed E-state index contributed by atoms with van der Waals surface area (Å²) >= 11 is 3.50. The molecule has 2 aliphatic rings. The van der Waals surface area contributed by atoms with Gasteiger partial charge in [-0.15, -0.1) is 23.1 Å². The summed E-state index contributed by atoms with van der Waals surface area (Å²) in [5.74, 6) is 0.918. The van der Waals surface area contributed by atoms with Crippen molar-refractivity contribution in [3.63, 3.8) is 0 Å². The lowest BCUT2D eigenvalue weighted by Gasteiger charge is -2.33. The van der Waals surface area contributed by atoms with Gasteiger partial charge in [0.25, 0.3) is 0 Å². The largest absolute Gasteiger partial charge is 0.335 e. The molecule has 3 heterocycles. The first-order valence-electron chi connectivity index (χ1n) is 9.80. The molecule has 2 aliphatic heterocycles. The van der Waals surface area contributed by atoms with Crippen LogP contribution in [0.15, 0.2) is 42.5 Å². The van der Waals surface area contributed by atoms with Crippen molar-refractivity contribution < 1.29 is 9.59 Å². The first-order chi connectivity index (χ1) is 13.5. The van der Waals surface area contributed by atoms with E-state index >= 15 is 0 Å².